The lowest BCUT2D eigenvalue weighted by molar-refractivity contribution is -0.121. The predicted molar refractivity (Wildman–Crippen MR) is 52.4 cm³/mol. The Morgan fingerprint density at radius 1 is 1.62 bits per heavy atom. The second kappa shape index (κ2) is 5.41. The van der Waals surface area contributed by atoms with Crippen molar-refractivity contribution in [1.82, 2.24) is 10.3 Å². The number of amides is 1. The molecule has 0 radical (unpaired) electrons. The maximum absolute atomic E-state index is 11.1. The second-order valence-corrected chi connectivity index (χ2v) is 3.07. The molecule has 0 unspecified atom stereocenters. The molecule has 1 rings (SSSR count). The number of aromatic amines is 1. The summed E-state index contributed by atoms with van der Waals surface area (Å²) >= 11 is 0. The number of H-pyrrole nitrogens is 1. The van der Waals surface area contributed by atoms with E-state index in [4.69, 9.17) is 0 Å². The molecule has 1 aromatic rings. The summed E-state index contributed by atoms with van der Waals surface area (Å²) in [6.45, 7) is 2.74. The van der Waals surface area contributed by atoms with Gasteiger partial charge in [-0.2, -0.15) is 0 Å². The number of rotatable bonds is 5. The van der Waals surface area contributed by atoms with Crippen LogP contribution in [0.2, 0.25) is 0 Å². The third-order valence-electron chi connectivity index (χ3n) is 1.88. The first kappa shape index (κ1) is 9.84. The summed E-state index contributed by atoms with van der Waals surface area (Å²) in [6, 6.07) is 2.02. The Morgan fingerprint density at radius 2 is 2.46 bits per heavy atom. The number of hydrogen-bond donors (Lipinski definition) is 2. The van der Waals surface area contributed by atoms with Crippen LogP contribution in [0.4, 0.5) is 0 Å². The summed E-state index contributed by atoms with van der Waals surface area (Å²) in [7, 11) is 0. The molecule has 13 heavy (non-hydrogen) atoms. The van der Waals surface area contributed by atoms with Crippen molar-refractivity contribution in [3.63, 3.8) is 0 Å². The molecule has 0 spiro atoms. The molecule has 3 heteroatoms. The molecule has 0 bridgehead atoms. The number of hydrogen-bond acceptors (Lipinski definition) is 1. The largest absolute Gasteiger partial charge is 0.367 e. The first-order valence-electron chi connectivity index (χ1n) is 4.71. The molecule has 72 valence electrons. The van der Waals surface area contributed by atoms with Crippen LogP contribution >= 0.6 is 0 Å². The Bertz CT molecular complexity index is 241. The van der Waals surface area contributed by atoms with Crippen molar-refractivity contribution in [3.05, 3.63) is 24.0 Å². The van der Waals surface area contributed by atoms with Crippen molar-refractivity contribution in [2.45, 2.75) is 26.2 Å². The first-order chi connectivity index (χ1) is 6.33. The SMILES string of the molecule is CCCC(=O)NCCc1cc[nH]c1. The molecule has 3 nitrogen and oxygen atoms in total. The highest BCUT2D eigenvalue weighted by atomic mass is 16.1. The minimum absolute atomic E-state index is 0.151. The van der Waals surface area contributed by atoms with Crippen LogP contribution in [-0.4, -0.2) is 17.4 Å². The van der Waals surface area contributed by atoms with Gasteiger partial charge in [0, 0.05) is 25.4 Å². The molecule has 0 aliphatic heterocycles. The van der Waals surface area contributed by atoms with Crippen molar-refractivity contribution in [3.8, 4) is 0 Å². The van der Waals surface area contributed by atoms with Crippen molar-refractivity contribution in [2.75, 3.05) is 6.54 Å². The summed E-state index contributed by atoms with van der Waals surface area (Å²) in [6.07, 6.45) is 6.29. The van der Waals surface area contributed by atoms with E-state index in [2.05, 4.69) is 10.3 Å². The third kappa shape index (κ3) is 3.78. The summed E-state index contributed by atoms with van der Waals surface area (Å²) in [4.78, 5) is 14.0. The number of carbonyl (C=O) groups is 1. The van der Waals surface area contributed by atoms with E-state index in [0.717, 1.165) is 19.4 Å². The van der Waals surface area contributed by atoms with E-state index < -0.39 is 0 Å². The molecule has 2 N–H and O–H groups in total. The zero-order valence-electron chi connectivity index (χ0n) is 7.97. The van der Waals surface area contributed by atoms with E-state index in [1.165, 1.54) is 5.56 Å². The smallest absolute Gasteiger partial charge is 0.219 e. The van der Waals surface area contributed by atoms with E-state index in [1.807, 2.05) is 25.4 Å². The van der Waals surface area contributed by atoms with Crippen LogP contribution in [0.5, 0.6) is 0 Å². The molecule has 0 atom stereocenters. The van der Waals surface area contributed by atoms with E-state index in [1.54, 1.807) is 0 Å². The molecule has 0 saturated carbocycles. The van der Waals surface area contributed by atoms with Crippen LogP contribution < -0.4 is 5.32 Å². The lowest BCUT2D eigenvalue weighted by atomic mass is 10.2. The fourth-order valence-corrected chi connectivity index (χ4v) is 1.18. The van der Waals surface area contributed by atoms with Gasteiger partial charge >= 0.3 is 0 Å². The topological polar surface area (TPSA) is 44.9 Å². The van der Waals surface area contributed by atoms with Crippen LogP contribution in [0, 0.1) is 0 Å². The van der Waals surface area contributed by atoms with Crippen molar-refractivity contribution in [2.24, 2.45) is 0 Å². The van der Waals surface area contributed by atoms with Crippen LogP contribution in [0.15, 0.2) is 18.5 Å². The van der Waals surface area contributed by atoms with Crippen molar-refractivity contribution in [1.29, 1.82) is 0 Å². The van der Waals surface area contributed by atoms with Gasteiger partial charge < -0.3 is 10.3 Å². The average molecular weight is 180 g/mol. The van der Waals surface area contributed by atoms with Gasteiger partial charge in [-0.15, -0.1) is 0 Å². The highest BCUT2D eigenvalue weighted by Gasteiger charge is 1.98. The Kier molecular flexibility index (Phi) is 4.09. The van der Waals surface area contributed by atoms with Gasteiger partial charge in [0.05, 0.1) is 0 Å². The molecule has 1 heterocycles. The van der Waals surface area contributed by atoms with Gasteiger partial charge in [0.15, 0.2) is 0 Å². The van der Waals surface area contributed by atoms with E-state index >= 15 is 0 Å². The molecule has 1 aromatic heterocycles. The molecular formula is C10H16N2O. The minimum atomic E-state index is 0.151. The van der Waals surface area contributed by atoms with Crippen molar-refractivity contribution >= 4 is 5.91 Å². The fourth-order valence-electron chi connectivity index (χ4n) is 1.18. The third-order valence-corrected chi connectivity index (χ3v) is 1.88. The van der Waals surface area contributed by atoms with Gasteiger partial charge in [0.2, 0.25) is 5.91 Å². The van der Waals surface area contributed by atoms with Crippen LogP contribution in [0.1, 0.15) is 25.3 Å². The summed E-state index contributed by atoms with van der Waals surface area (Å²) in [5.41, 5.74) is 1.23. The average Bonchev–Trinajstić information content (AvgIpc) is 2.57. The van der Waals surface area contributed by atoms with Gasteiger partial charge in [-0.05, 0) is 24.5 Å². The van der Waals surface area contributed by atoms with E-state index in [0.29, 0.717) is 6.42 Å². The highest BCUT2D eigenvalue weighted by molar-refractivity contribution is 5.75. The predicted octanol–water partition coefficient (Wildman–Crippen LogP) is 1.47. The molecule has 1 amide bonds. The molecule has 0 saturated heterocycles. The lowest BCUT2D eigenvalue weighted by Gasteiger charge is -2.02. The Hall–Kier alpha value is -1.25. The normalized spacial score (nSPS) is 9.92. The van der Waals surface area contributed by atoms with E-state index in [-0.39, 0.29) is 5.91 Å². The summed E-state index contributed by atoms with van der Waals surface area (Å²) in [5, 5.41) is 2.87. The molecule has 0 aromatic carbocycles. The zero-order chi connectivity index (χ0) is 9.52. The molecule has 0 fully saturated rings. The number of aromatic nitrogens is 1. The monoisotopic (exact) mass is 180 g/mol. The van der Waals surface area contributed by atoms with Gasteiger partial charge in [0.25, 0.3) is 0 Å². The lowest BCUT2D eigenvalue weighted by Crippen LogP contribution is -2.24. The standard InChI is InChI=1S/C10H16N2O/c1-2-3-10(13)12-7-5-9-4-6-11-8-9/h4,6,8,11H,2-3,5,7H2,1H3,(H,12,13). The molecule has 0 aliphatic carbocycles. The minimum Gasteiger partial charge on any atom is -0.367 e. The highest BCUT2D eigenvalue weighted by Crippen LogP contribution is 1.96. The second-order valence-electron chi connectivity index (χ2n) is 3.07. The maximum atomic E-state index is 11.1. The van der Waals surface area contributed by atoms with Gasteiger partial charge in [-0.1, -0.05) is 6.92 Å². The van der Waals surface area contributed by atoms with Crippen LogP contribution in [0.25, 0.3) is 0 Å². The van der Waals surface area contributed by atoms with Gasteiger partial charge in [0.1, 0.15) is 0 Å². The fraction of sp³-hybridized carbons (Fsp3) is 0.500. The molecule has 0 aliphatic rings. The maximum Gasteiger partial charge on any atom is 0.219 e. The van der Waals surface area contributed by atoms with Gasteiger partial charge in [-0.25, -0.2) is 0 Å². The summed E-state index contributed by atoms with van der Waals surface area (Å²) in [5.74, 6) is 0.151. The Labute approximate surface area is 78.5 Å². The molecular weight excluding hydrogens is 164 g/mol. The van der Waals surface area contributed by atoms with Gasteiger partial charge in [-0.3, -0.25) is 4.79 Å². The quantitative estimate of drug-likeness (QED) is 0.708. The number of nitrogens with one attached hydrogen (secondary N) is 2. The van der Waals surface area contributed by atoms with Crippen LogP contribution in [-0.2, 0) is 11.2 Å². The Morgan fingerprint density at radius 3 is 3.08 bits per heavy atom. The Balaban J connectivity index is 2.11. The van der Waals surface area contributed by atoms with Crippen LogP contribution in [0.3, 0.4) is 0 Å². The summed E-state index contributed by atoms with van der Waals surface area (Å²) < 4.78 is 0. The van der Waals surface area contributed by atoms with Crippen molar-refractivity contribution < 1.29 is 4.79 Å². The zero-order valence-corrected chi connectivity index (χ0v) is 7.97. The van der Waals surface area contributed by atoms with E-state index in [9.17, 15) is 4.79 Å². The number of carbonyl (C=O) groups excluding carboxylic acids is 1. The first-order valence-corrected chi connectivity index (χ1v) is 4.71.